The van der Waals surface area contributed by atoms with Gasteiger partial charge in [0, 0.05) is 37.8 Å². The monoisotopic (exact) mass is 380 g/mol. The molecule has 2 heterocycles. The van der Waals surface area contributed by atoms with Crippen molar-refractivity contribution < 1.29 is 9.53 Å². The van der Waals surface area contributed by atoms with E-state index in [1.807, 2.05) is 23.1 Å². The largest absolute Gasteiger partial charge is 0.490 e. The van der Waals surface area contributed by atoms with Crippen molar-refractivity contribution in [1.29, 1.82) is 0 Å². The quantitative estimate of drug-likeness (QED) is 0.770. The second kappa shape index (κ2) is 8.52. The summed E-state index contributed by atoms with van der Waals surface area (Å²) in [5.74, 6) is 1.10. The molecule has 2 saturated heterocycles. The third-order valence-corrected chi connectivity index (χ3v) is 6.21. The molecule has 0 saturated carbocycles. The number of carbonyl (C=O) groups is 1. The van der Waals surface area contributed by atoms with Crippen LogP contribution in [0.4, 0.5) is 0 Å². The second-order valence-corrected chi connectivity index (χ2v) is 8.52. The molecule has 28 heavy (non-hydrogen) atoms. The Morgan fingerprint density at radius 3 is 2.32 bits per heavy atom. The summed E-state index contributed by atoms with van der Waals surface area (Å²) in [6.07, 6.45) is 5.94. The maximum absolute atomic E-state index is 12.7. The lowest BCUT2D eigenvalue weighted by atomic mass is 10.0. The standard InChI is InChI=1S/C24H32N2O2/c1-18(2)25-14-10-22(11-15-25)28-23-9-8-19-16-21(7-6-20(19)17-23)24(27)26-12-4-3-5-13-26/h6-9,16-18,22H,3-5,10-15H2,1-2H3. The van der Waals surface area contributed by atoms with Gasteiger partial charge in [0.1, 0.15) is 11.9 Å². The average molecular weight is 381 g/mol. The Morgan fingerprint density at radius 2 is 1.61 bits per heavy atom. The van der Waals surface area contributed by atoms with E-state index >= 15 is 0 Å². The highest BCUT2D eigenvalue weighted by Gasteiger charge is 2.22. The van der Waals surface area contributed by atoms with Gasteiger partial charge < -0.3 is 14.5 Å². The Morgan fingerprint density at radius 1 is 0.929 bits per heavy atom. The molecule has 2 aliphatic rings. The smallest absolute Gasteiger partial charge is 0.253 e. The van der Waals surface area contributed by atoms with Crippen LogP contribution >= 0.6 is 0 Å². The minimum atomic E-state index is 0.166. The lowest BCUT2D eigenvalue weighted by Gasteiger charge is -2.34. The van der Waals surface area contributed by atoms with Crippen LogP contribution in [0.5, 0.6) is 5.75 Å². The minimum Gasteiger partial charge on any atom is -0.490 e. The zero-order valence-electron chi connectivity index (χ0n) is 17.2. The van der Waals surface area contributed by atoms with Gasteiger partial charge in [-0.3, -0.25) is 4.79 Å². The van der Waals surface area contributed by atoms with E-state index in [1.54, 1.807) is 0 Å². The third-order valence-electron chi connectivity index (χ3n) is 6.21. The highest BCUT2D eigenvalue weighted by molar-refractivity contribution is 5.98. The Hall–Kier alpha value is -2.07. The molecule has 0 aliphatic carbocycles. The molecule has 0 bridgehead atoms. The van der Waals surface area contributed by atoms with Crippen LogP contribution in [-0.2, 0) is 0 Å². The normalized spacial score (nSPS) is 19.3. The van der Waals surface area contributed by atoms with Gasteiger partial charge in [-0.05, 0) is 81.0 Å². The van der Waals surface area contributed by atoms with Crippen molar-refractivity contribution in [3.05, 3.63) is 42.0 Å². The molecule has 0 radical (unpaired) electrons. The zero-order chi connectivity index (χ0) is 19.5. The van der Waals surface area contributed by atoms with Gasteiger partial charge in [-0.15, -0.1) is 0 Å². The number of hydrogen-bond acceptors (Lipinski definition) is 3. The molecule has 0 aromatic heterocycles. The van der Waals surface area contributed by atoms with E-state index in [-0.39, 0.29) is 5.91 Å². The molecule has 4 heteroatoms. The van der Waals surface area contributed by atoms with Crippen LogP contribution in [0.1, 0.15) is 56.3 Å². The molecule has 4 rings (SSSR count). The van der Waals surface area contributed by atoms with Crippen molar-refractivity contribution in [3.8, 4) is 5.75 Å². The highest BCUT2D eigenvalue weighted by Crippen LogP contribution is 2.26. The predicted molar refractivity (Wildman–Crippen MR) is 114 cm³/mol. The van der Waals surface area contributed by atoms with Crippen molar-refractivity contribution in [1.82, 2.24) is 9.80 Å². The van der Waals surface area contributed by atoms with Crippen LogP contribution in [0.2, 0.25) is 0 Å². The van der Waals surface area contributed by atoms with Gasteiger partial charge in [0.15, 0.2) is 0 Å². The summed E-state index contributed by atoms with van der Waals surface area (Å²) in [6, 6.07) is 12.9. The van der Waals surface area contributed by atoms with E-state index in [0.29, 0.717) is 12.1 Å². The van der Waals surface area contributed by atoms with E-state index in [4.69, 9.17) is 4.74 Å². The topological polar surface area (TPSA) is 32.8 Å². The number of piperidine rings is 2. The number of likely N-dealkylation sites (tertiary alicyclic amines) is 2. The van der Waals surface area contributed by atoms with Gasteiger partial charge in [0.25, 0.3) is 5.91 Å². The fourth-order valence-electron chi connectivity index (χ4n) is 4.41. The summed E-state index contributed by atoms with van der Waals surface area (Å²) in [5, 5.41) is 2.23. The summed E-state index contributed by atoms with van der Waals surface area (Å²) in [7, 11) is 0. The first-order valence-electron chi connectivity index (χ1n) is 10.8. The Balaban J connectivity index is 1.43. The van der Waals surface area contributed by atoms with Crippen LogP contribution in [-0.4, -0.2) is 54.0 Å². The van der Waals surface area contributed by atoms with Crippen molar-refractivity contribution in [3.63, 3.8) is 0 Å². The maximum Gasteiger partial charge on any atom is 0.253 e. The van der Waals surface area contributed by atoms with E-state index in [9.17, 15) is 4.79 Å². The van der Waals surface area contributed by atoms with Crippen LogP contribution in [0.25, 0.3) is 10.8 Å². The summed E-state index contributed by atoms with van der Waals surface area (Å²) in [4.78, 5) is 17.3. The molecule has 0 N–H and O–H groups in total. The van der Waals surface area contributed by atoms with Crippen molar-refractivity contribution in [2.45, 2.75) is 58.1 Å². The number of rotatable bonds is 4. The number of benzene rings is 2. The van der Waals surface area contributed by atoms with Gasteiger partial charge >= 0.3 is 0 Å². The predicted octanol–water partition coefficient (Wildman–Crippen LogP) is 4.72. The minimum absolute atomic E-state index is 0.166. The van der Waals surface area contributed by atoms with Crippen LogP contribution < -0.4 is 4.74 Å². The summed E-state index contributed by atoms with van der Waals surface area (Å²) < 4.78 is 6.26. The highest BCUT2D eigenvalue weighted by atomic mass is 16.5. The van der Waals surface area contributed by atoms with E-state index in [0.717, 1.165) is 73.9 Å². The molecule has 2 aromatic rings. The molecule has 2 fully saturated rings. The van der Waals surface area contributed by atoms with Gasteiger partial charge in [-0.2, -0.15) is 0 Å². The summed E-state index contributed by atoms with van der Waals surface area (Å²) >= 11 is 0. The van der Waals surface area contributed by atoms with Crippen LogP contribution in [0.3, 0.4) is 0 Å². The molecular weight excluding hydrogens is 348 g/mol. The SMILES string of the molecule is CC(C)N1CCC(Oc2ccc3cc(C(=O)N4CCCCC4)ccc3c2)CC1. The van der Waals surface area contributed by atoms with Crippen LogP contribution in [0, 0.1) is 0 Å². The van der Waals surface area contributed by atoms with Crippen LogP contribution in [0.15, 0.2) is 36.4 Å². The summed E-state index contributed by atoms with van der Waals surface area (Å²) in [6.45, 7) is 8.51. The van der Waals surface area contributed by atoms with Crippen molar-refractivity contribution in [2.75, 3.05) is 26.2 Å². The molecule has 0 atom stereocenters. The molecule has 2 aromatic carbocycles. The number of amides is 1. The van der Waals surface area contributed by atoms with Gasteiger partial charge in [-0.25, -0.2) is 0 Å². The van der Waals surface area contributed by atoms with Crippen molar-refractivity contribution >= 4 is 16.7 Å². The fraction of sp³-hybridized carbons (Fsp3) is 0.542. The fourth-order valence-corrected chi connectivity index (χ4v) is 4.41. The molecule has 0 spiro atoms. The molecule has 2 aliphatic heterocycles. The average Bonchev–Trinajstić information content (AvgIpc) is 2.74. The van der Waals surface area contributed by atoms with E-state index in [1.165, 1.54) is 6.42 Å². The molecule has 1 amide bonds. The Labute approximate surface area is 168 Å². The van der Waals surface area contributed by atoms with Crippen molar-refractivity contribution in [2.24, 2.45) is 0 Å². The number of ether oxygens (including phenoxy) is 1. The number of hydrogen-bond donors (Lipinski definition) is 0. The van der Waals surface area contributed by atoms with E-state index in [2.05, 4.69) is 36.9 Å². The second-order valence-electron chi connectivity index (χ2n) is 8.52. The molecular formula is C24H32N2O2. The number of fused-ring (bicyclic) bond motifs is 1. The molecule has 150 valence electrons. The number of nitrogens with zero attached hydrogens (tertiary/aromatic N) is 2. The van der Waals surface area contributed by atoms with Gasteiger partial charge in [-0.1, -0.05) is 12.1 Å². The van der Waals surface area contributed by atoms with Gasteiger partial charge in [0.05, 0.1) is 0 Å². The van der Waals surface area contributed by atoms with Gasteiger partial charge in [0.2, 0.25) is 0 Å². The molecule has 0 unspecified atom stereocenters. The lowest BCUT2D eigenvalue weighted by Crippen LogP contribution is -2.41. The third kappa shape index (κ3) is 4.33. The first-order chi connectivity index (χ1) is 13.6. The number of carbonyl (C=O) groups excluding carboxylic acids is 1. The lowest BCUT2D eigenvalue weighted by molar-refractivity contribution is 0.0724. The first kappa shape index (κ1) is 19.3. The maximum atomic E-state index is 12.7. The first-order valence-corrected chi connectivity index (χ1v) is 10.8. The summed E-state index contributed by atoms with van der Waals surface area (Å²) in [5.41, 5.74) is 0.795. The zero-order valence-corrected chi connectivity index (χ0v) is 17.2. The van der Waals surface area contributed by atoms with E-state index < -0.39 is 0 Å². The Bertz CT molecular complexity index is 818. The molecule has 4 nitrogen and oxygen atoms in total. The Kier molecular flexibility index (Phi) is 5.86.